The van der Waals surface area contributed by atoms with E-state index in [0.717, 1.165) is 0 Å². The molecular weight excluding hydrogens is 494 g/mol. The zero-order valence-electron chi connectivity index (χ0n) is 18.0. The van der Waals surface area contributed by atoms with Crippen molar-refractivity contribution in [3.63, 3.8) is 0 Å². The van der Waals surface area contributed by atoms with E-state index in [0.29, 0.717) is 3.63 Å². The average Bonchev–Trinajstić information content (AvgIpc) is 2.99. The Balaban J connectivity index is 0.00000210. The van der Waals surface area contributed by atoms with Crippen LogP contribution in [0.1, 0.15) is 59.8 Å². The maximum absolute atomic E-state index is 6.24. The van der Waals surface area contributed by atoms with E-state index in [-0.39, 0.29) is 24.8 Å². The van der Waals surface area contributed by atoms with E-state index in [1.165, 1.54) is 65.5 Å². The summed E-state index contributed by atoms with van der Waals surface area (Å²) in [5.74, 6) is 0. The molecule has 0 saturated carbocycles. The van der Waals surface area contributed by atoms with Gasteiger partial charge in [-0.05, 0) is 0 Å². The van der Waals surface area contributed by atoms with Gasteiger partial charge >= 0.3 is 166 Å². The average molecular weight is 527 g/mol. The molecule has 0 N–H and O–H groups in total. The number of allylic oxidation sites excluding steroid dienone is 1. The molecule has 0 saturated heterocycles. The zero-order chi connectivity index (χ0) is 19.2. The molecule has 0 heterocycles. The molecule has 0 aliphatic heterocycles. The molecule has 0 aromatic heterocycles. The third-order valence-electron chi connectivity index (χ3n) is 5.28. The van der Waals surface area contributed by atoms with Gasteiger partial charge in [0.25, 0.3) is 0 Å². The molecule has 0 bridgehead atoms. The van der Waals surface area contributed by atoms with Gasteiger partial charge in [0.05, 0.1) is 0 Å². The normalized spacial score (nSPS) is 14.5. The van der Waals surface area contributed by atoms with Gasteiger partial charge in [-0.25, -0.2) is 0 Å². The molecule has 2 aromatic carbocycles. The molecule has 1 aliphatic rings. The summed E-state index contributed by atoms with van der Waals surface area (Å²) in [5.41, 5.74) is 8.65. The van der Waals surface area contributed by atoms with Crippen LogP contribution in [0.5, 0.6) is 0 Å². The Bertz CT molecular complexity index is 790. The minimum atomic E-state index is -0.912. The molecule has 0 amide bonds. The summed E-state index contributed by atoms with van der Waals surface area (Å²) in [5, 5.41) is 0. The van der Waals surface area contributed by atoms with Crippen molar-refractivity contribution in [1.29, 1.82) is 0 Å². The van der Waals surface area contributed by atoms with Gasteiger partial charge < -0.3 is 24.8 Å². The maximum atomic E-state index is 6.24. The molecule has 0 radical (unpaired) electrons. The molecule has 1 unspecified atom stereocenters. The third-order valence-corrected chi connectivity index (χ3v) is 12.8. The second-order valence-electron chi connectivity index (χ2n) is 7.92. The molecule has 0 spiro atoms. The van der Waals surface area contributed by atoms with Gasteiger partial charge in [-0.15, -0.1) is 0 Å². The van der Waals surface area contributed by atoms with Crippen molar-refractivity contribution >= 4 is 15.1 Å². The molecule has 156 valence electrons. The van der Waals surface area contributed by atoms with Gasteiger partial charge in [0, 0.05) is 0 Å². The standard InChI is InChI=1S/C22H25.C2H7OSi.2ClH.Zr/c1-3-4-5-6-8-18-11-13-19(14-12-18)21-10-7-9-20-15-17(2)16-22(20)21;1-4(2)3;;;/h7,9-16H,3-6,8H2,1-2H3;4H,1-2H3;2*1H;/q;-1;;;+3/p-2. The number of hydrogen-bond donors (Lipinski definition) is 0. The van der Waals surface area contributed by atoms with Gasteiger partial charge in [-0.3, -0.25) is 0 Å². The van der Waals surface area contributed by atoms with E-state index < -0.39 is 32.7 Å². The predicted octanol–water partition coefficient (Wildman–Crippen LogP) is 0.940. The fourth-order valence-electron chi connectivity index (χ4n) is 3.77. The van der Waals surface area contributed by atoms with Gasteiger partial charge in [-0.1, -0.05) is 13.3 Å². The number of aryl methyl sites for hydroxylation is 1. The molecule has 3 rings (SSSR count). The Hall–Kier alpha value is -0.180. The van der Waals surface area contributed by atoms with Crippen molar-refractivity contribution in [2.75, 3.05) is 0 Å². The van der Waals surface area contributed by atoms with E-state index in [9.17, 15) is 0 Å². The summed E-state index contributed by atoms with van der Waals surface area (Å²) >= 11 is -0.846. The van der Waals surface area contributed by atoms with Crippen LogP contribution in [0.25, 0.3) is 17.2 Å². The number of halogens is 2. The summed E-state index contributed by atoms with van der Waals surface area (Å²) < 4.78 is 6.83. The number of hydrogen-bond acceptors (Lipinski definition) is 1. The van der Waals surface area contributed by atoms with Crippen molar-refractivity contribution in [3.8, 4) is 11.1 Å². The summed E-state index contributed by atoms with van der Waals surface area (Å²) in [6.45, 7) is 9.14. The first kappa shape index (κ1) is 26.9. The van der Waals surface area contributed by atoms with Gasteiger partial charge in [0.1, 0.15) is 0 Å². The van der Waals surface area contributed by atoms with Crippen LogP contribution in [-0.2, 0) is 32.6 Å². The first-order valence-electron chi connectivity index (χ1n) is 10.4. The SMILES string of the molecule is CCCCCCc1ccc(-c2cccc3c2C=C(C)[CH]3[Zr+2][O][SiH](C)C)cc1.[Cl-].[Cl-]. The molecule has 29 heavy (non-hydrogen) atoms. The largest absolute Gasteiger partial charge is 1.00 e. The first-order valence-corrected chi connectivity index (χ1v) is 15.6. The number of benzene rings is 2. The zero-order valence-corrected chi connectivity index (χ0v) is 23.1. The number of unbranched alkanes of at least 4 members (excludes halogenated alkanes) is 3. The Kier molecular flexibility index (Phi) is 12.3. The van der Waals surface area contributed by atoms with Crippen molar-refractivity contribution in [2.45, 2.75) is 62.7 Å². The van der Waals surface area contributed by atoms with E-state index in [1.54, 1.807) is 0 Å². The topological polar surface area (TPSA) is 9.23 Å². The monoisotopic (exact) mass is 524 g/mol. The third kappa shape index (κ3) is 7.18. The van der Waals surface area contributed by atoms with Crippen LogP contribution < -0.4 is 24.8 Å². The Morgan fingerprint density at radius 3 is 2.34 bits per heavy atom. The van der Waals surface area contributed by atoms with Crippen molar-refractivity contribution in [2.24, 2.45) is 0 Å². The van der Waals surface area contributed by atoms with E-state index in [2.05, 4.69) is 75.5 Å². The van der Waals surface area contributed by atoms with Gasteiger partial charge in [-0.2, -0.15) is 0 Å². The summed E-state index contributed by atoms with van der Waals surface area (Å²) in [4.78, 5) is 0. The van der Waals surface area contributed by atoms with Crippen molar-refractivity contribution in [3.05, 3.63) is 64.7 Å². The van der Waals surface area contributed by atoms with Crippen LogP contribution in [0, 0.1) is 0 Å². The smallest absolute Gasteiger partial charge is 1.00 e. The maximum Gasteiger partial charge on any atom is -1.00 e. The summed E-state index contributed by atoms with van der Waals surface area (Å²) in [6, 6.07) is 16.1. The van der Waals surface area contributed by atoms with Crippen LogP contribution >= 0.6 is 0 Å². The minimum Gasteiger partial charge on any atom is -1.00 e. The van der Waals surface area contributed by atoms with Crippen LogP contribution in [0.15, 0.2) is 48.0 Å². The van der Waals surface area contributed by atoms with Gasteiger partial charge in [0.15, 0.2) is 0 Å². The summed E-state index contributed by atoms with van der Waals surface area (Å²) in [7, 11) is -0.912. The van der Waals surface area contributed by atoms with Crippen molar-refractivity contribution in [1.82, 2.24) is 0 Å². The molecule has 5 heteroatoms. The Morgan fingerprint density at radius 1 is 0.966 bits per heavy atom. The number of fused-ring (bicyclic) bond motifs is 1. The van der Waals surface area contributed by atoms with Crippen molar-refractivity contribution < 1.29 is 51.0 Å². The fraction of sp³-hybridized carbons (Fsp3) is 0.417. The number of rotatable bonds is 9. The Labute approximate surface area is 203 Å². The van der Waals surface area contributed by atoms with E-state index in [4.69, 9.17) is 2.50 Å². The minimum absolute atomic E-state index is 0. The molecule has 0 fully saturated rings. The van der Waals surface area contributed by atoms with E-state index in [1.807, 2.05) is 0 Å². The second kappa shape index (κ2) is 13.3. The quantitative estimate of drug-likeness (QED) is 0.349. The Morgan fingerprint density at radius 2 is 1.69 bits per heavy atom. The molecule has 1 aliphatic carbocycles. The second-order valence-corrected chi connectivity index (χ2v) is 14.0. The fourth-order valence-corrected chi connectivity index (χ4v) is 8.78. The van der Waals surface area contributed by atoms with Gasteiger partial charge in [0.2, 0.25) is 0 Å². The molecule has 1 nitrogen and oxygen atoms in total. The van der Waals surface area contributed by atoms with E-state index >= 15 is 0 Å². The molecule has 1 atom stereocenters. The molecular formula is C24H32Cl2OSiZr. The first-order chi connectivity index (χ1) is 13.1. The predicted molar refractivity (Wildman–Crippen MR) is 116 cm³/mol. The van der Waals surface area contributed by atoms with Crippen LogP contribution in [0.2, 0.25) is 13.1 Å². The van der Waals surface area contributed by atoms with Crippen LogP contribution in [-0.4, -0.2) is 9.04 Å². The van der Waals surface area contributed by atoms with Crippen LogP contribution in [0.3, 0.4) is 0 Å². The molecule has 2 aromatic rings. The summed E-state index contributed by atoms with van der Waals surface area (Å²) in [6.07, 6.45) is 8.94. The van der Waals surface area contributed by atoms with Crippen LogP contribution in [0.4, 0.5) is 0 Å².